The molecule has 0 radical (unpaired) electrons. The lowest BCUT2D eigenvalue weighted by Crippen LogP contribution is -2.17. The summed E-state index contributed by atoms with van der Waals surface area (Å²) in [4.78, 5) is 18.0. The lowest BCUT2D eigenvalue weighted by atomic mass is 10.2. The number of anilines is 1. The van der Waals surface area contributed by atoms with E-state index in [4.69, 9.17) is 9.47 Å². The first-order chi connectivity index (χ1) is 12.2. The van der Waals surface area contributed by atoms with Gasteiger partial charge in [-0.05, 0) is 27.4 Å². The van der Waals surface area contributed by atoms with Gasteiger partial charge < -0.3 is 14.8 Å². The van der Waals surface area contributed by atoms with Gasteiger partial charge in [0.15, 0.2) is 11.5 Å². The molecule has 1 N–H and O–H groups in total. The van der Waals surface area contributed by atoms with Gasteiger partial charge in [0.1, 0.15) is 18.2 Å². The molecule has 128 valence electrons. The van der Waals surface area contributed by atoms with Gasteiger partial charge in [-0.15, -0.1) is 22.7 Å². The molecule has 1 aromatic carbocycles. The van der Waals surface area contributed by atoms with E-state index in [0.717, 1.165) is 20.1 Å². The molecule has 0 aliphatic carbocycles. The van der Waals surface area contributed by atoms with E-state index in [0.29, 0.717) is 30.4 Å². The van der Waals surface area contributed by atoms with E-state index in [1.54, 1.807) is 28.7 Å². The molecular formula is C17H13BrN2O3S2. The van der Waals surface area contributed by atoms with E-state index in [-0.39, 0.29) is 12.3 Å². The van der Waals surface area contributed by atoms with E-state index < -0.39 is 0 Å². The van der Waals surface area contributed by atoms with Crippen LogP contribution in [0.25, 0.3) is 9.88 Å². The van der Waals surface area contributed by atoms with Gasteiger partial charge in [-0.25, -0.2) is 4.98 Å². The summed E-state index contributed by atoms with van der Waals surface area (Å²) >= 11 is 6.65. The van der Waals surface area contributed by atoms with Crippen LogP contribution in [0, 0.1) is 0 Å². The fourth-order valence-electron chi connectivity index (χ4n) is 2.42. The van der Waals surface area contributed by atoms with Gasteiger partial charge >= 0.3 is 0 Å². The summed E-state index contributed by atoms with van der Waals surface area (Å²) in [5.41, 5.74) is 1.42. The Morgan fingerprint density at radius 1 is 1.24 bits per heavy atom. The Kier molecular flexibility index (Phi) is 4.74. The number of hydrogen-bond acceptors (Lipinski definition) is 6. The molecule has 2 aromatic heterocycles. The number of thiazole rings is 1. The van der Waals surface area contributed by atoms with Crippen molar-refractivity contribution in [3.05, 3.63) is 45.2 Å². The molecule has 0 bridgehead atoms. The number of halogens is 1. The molecule has 25 heavy (non-hydrogen) atoms. The van der Waals surface area contributed by atoms with Crippen LogP contribution in [0.4, 0.5) is 5.69 Å². The fourth-order valence-corrected chi connectivity index (χ4v) is 4.48. The average molecular weight is 437 g/mol. The number of carbonyl (C=O) groups is 1. The van der Waals surface area contributed by atoms with Crippen LogP contribution in [-0.4, -0.2) is 24.1 Å². The van der Waals surface area contributed by atoms with E-state index in [1.807, 2.05) is 29.0 Å². The van der Waals surface area contributed by atoms with Crippen molar-refractivity contribution in [3.8, 4) is 21.4 Å². The first-order valence-electron chi connectivity index (χ1n) is 7.56. The summed E-state index contributed by atoms with van der Waals surface area (Å²) < 4.78 is 11.8. The predicted octanol–water partition coefficient (Wildman–Crippen LogP) is 4.59. The van der Waals surface area contributed by atoms with Crippen molar-refractivity contribution in [1.29, 1.82) is 0 Å². The Balaban J connectivity index is 1.46. The van der Waals surface area contributed by atoms with Gasteiger partial charge in [0.05, 0.1) is 22.7 Å². The van der Waals surface area contributed by atoms with Gasteiger partial charge in [0, 0.05) is 22.0 Å². The van der Waals surface area contributed by atoms with Gasteiger partial charge in [-0.2, -0.15) is 0 Å². The van der Waals surface area contributed by atoms with Gasteiger partial charge in [-0.1, -0.05) is 6.07 Å². The maximum Gasteiger partial charge on any atom is 0.230 e. The molecule has 0 spiro atoms. The minimum Gasteiger partial charge on any atom is -0.486 e. The van der Waals surface area contributed by atoms with Crippen molar-refractivity contribution in [1.82, 2.24) is 4.98 Å². The number of hydrogen-bond donors (Lipinski definition) is 1. The number of aromatic nitrogens is 1. The van der Waals surface area contributed by atoms with E-state index in [2.05, 4.69) is 26.2 Å². The van der Waals surface area contributed by atoms with Crippen LogP contribution >= 0.6 is 38.6 Å². The zero-order valence-electron chi connectivity index (χ0n) is 13.0. The minimum absolute atomic E-state index is 0.125. The smallest absolute Gasteiger partial charge is 0.230 e. The Bertz CT molecular complexity index is 909. The molecule has 1 aliphatic rings. The van der Waals surface area contributed by atoms with E-state index >= 15 is 0 Å². The number of carbonyl (C=O) groups excluding carboxylic acids is 1. The lowest BCUT2D eigenvalue weighted by Gasteiger charge is -2.20. The topological polar surface area (TPSA) is 60.5 Å². The Morgan fingerprint density at radius 3 is 2.80 bits per heavy atom. The van der Waals surface area contributed by atoms with Crippen LogP contribution in [-0.2, 0) is 11.2 Å². The van der Waals surface area contributed by atoms with Gasteiger partial charge in [0.2, 0.25) is 5.91 Å². The summed E-state index contributed by atoms with van der Waals surface area (Å²) in [7, 11) is 0. The molecule has 8 heteroatoms. The summed E-state index contributed by atoms with van der Waals surface area (Å²) in [5, 5.41) is 7.78. The zero-order valence-corrected chi connectivity index (χ0v) is 16.2. The largest absolute Gasteiger partial charge is 0.486 e. The number of amides is 1. The quantitative estimate of drug-likeness (QED) is 0.649. The molecule has 1 aliphatic heterocycles. The molecule has 1 amide bonds. The highest BCUT2D eigenvalue weighted by molar-refractivity contribution is 9.10. The average Bonchev–Trinajstić information content (AvgIpc) is 3.26. The van der Waals surface area contributed by atoms with Gasteiger partial charge in [0.25, 0.3) is 0 Å². The van der Waals surface area contributed by atoms with Gasteiger partial charge in [-0.3, -0.25) is 4.79 Å². The van der Waals surface area contributed by atoms with Crippen LogP contribution < -0.4 is 14.8 Å². The third kappa shape index (κ3) is 3.70. The van der Waals surface area contributed by atoms with Crippen molar-refractivity contribution in [2.24, 2.45) is 0 Å². The zero-order chi connectivity index (χ0) is 17.2. The SMILES string of the molecule is O=C(Cc1csc(-c2cccs2)n1)Nc1cc2c(cc1Br)OCCO2. The molecule has 5 nitrogen and oxygen atoms in total. The van der Waals surface area contributed by atoms with Crippen molar-refractivity contribution < 1.29 is 14.3 Å². The summed E-state index contributed by atoms with van der Waals surface area (Å²) in [5.74, 6) is 1.19. The fraction of sp³-hybridized carbons (Fsp3) is 0.176. The monoisotopic (exact) mass is 436 g/mol. The second-order valence-corrected chi connectivity index (χ2v) is 7.98. The number of thiophene rings is 1. The normalized spacial score (nSPS) is 12.8. The second kappa shape index (κ2) is 7.15. The first kappa shape index (κ1) is 16.6. The molecule has 0 saturated heterocycles. The van der Waals surface area contributed by atoms with E-state index in [1.165, 1.54) is 0 Å². The Morgan fingerprint density at radius 2 is 2.04 bits per heavy atom. The van der Waals surface area contributed by atoms with Crippen LogP contribution in [0.15, 0.2) is 39.5 Å². The van der Waals surface area contributed by atoms with Crippen molar-refractivity contribution in [2.45, 2.75) is 6.42 Å². The number of rotatable bonds is 4. The van der Waals surface area contributed by atoms with E-state index in [9.17, 15) is 4.79 Å². The molecular weight excluding hydrogens is 424 g/mol. The van der Waals surface area contributed by atoms with Crippen molar-refractivity contribution >= 4 is 50.2 Å². The number of fused-ring (bicyclic) bond motifs is 1. The molecule has 0 unspecified atom stereocenters. The predicted molar refractivity (Wildman–Crippen MR) is 103 cm³/mol. The number of benzene rings is 1. The standard InChI is InChI=1S/C17H13BrN2O3S2/c18-11-7-13-14(23-4-3-22-13)8-12(11)20-16(21)6-10-9-25-17(19-10)15-2-1-5-24-15/h1-2,5,7-9H,3-4,6H2,(H,20,21). The summed E-state index contributed by atoms with van der Waals surface area (Å²) in [6.45, 7) is 1.04. The molecule has 0 saturated carbocycles. The number of nitrogens with zero attached hydrogens (tertiary/aromatic N) is 1. The van der Waals surface area contributed by atoms with Crippen LogP contribution in [0.3, 0.4) is 0 Å². The highest BCUT2D eigenvalue weighted by atomic mass is 79.9. The van der Waals surface area contributed by atoms with Crippen LogP contribution in [0.1, 0.15) is 5.69 Å². The summed E-state index contributed by atoms with van der Waals surface area (Å²) in [6.07, 6.45) is 0.225. The molecule has 0 fully saturated rings. The Hall–Kier alpha value is -1.90. The molecule has 3 aromatic rings. The maximum atomic E-state index is 12.4. The minimum atomic E-state index is -0.125. The molecule has 4 rings (SSSR count). The molecule has 0 atom stereocenters. The Labute approximate surface area is 160 Å². The van der Waals surface area contributed by atoms with Crippen LogP contribution in [0.5, 0.6) is 11.5 Å². The third-order valence-electron chi connectivity index (χ3n) is 3.53. The lowest BCUT2D eigenvalue weighted by molar-refractivity contribution is -0.115. The highest BCUT2D eigenvalue weighted by Gasteiger charge is 2.17. The maximum absolute atomic E-state index is 12.4. The second-order valence-electron chi connectivity index (χ2n) is 5.32. The number of ether oxygens (including phenoxy) is 2. The highest BCUT2D eigenvalue weighted by Crippen LogP contribution is 2.38. The first-order valence-corrected chi connectivity index (χ1v) is 10.1. The number of nitrogens with one attached hydrogen (secondary N) is 1. The molecule has 3 heterocycles. The summed E-state index contributed by atoms with van der Waals surface area (Å²) in [6, 6.07) is 7.60. The van der Waals surface area contributed by atoms with Crippen molar-refractivity contribution in [2.75, 3.05) is 18.5 Å². The van der Waals surface area contributed by atoms with Crippen LogP contribution in [0.2, 0.25) is 0 Å². The third-order valence-corrected chi connectivity index (χ3v) is 6.12. The van der Waals surface area contributed by atoms with Crippen molar-refractivity contribution in [3.63, 3.8) is 0 Å².